The van der Waals surface area contributed by atoms with Crippen molar-refractivity contribution in [2.75, 3.05) is 18.8 Å². The van der Waals surface area contributed by atoms with E-state index in [-0.39, 0.29) is 0 Å². The van der Waals surface area contributed by atoms with Gasteiger partial charge in [-0.15, -0.1) is 0 Å². The molecule has 1 N–H and O–H groups in total. The van der Waals surface area contributed by atoms with Crippen molar-refractivity contribution in [3.05, 3.63) is 0 Å². The minimum absolute atomic E-state index is 0.377. The van der Waals surface area contributed by atoms with Crippen LogP contribution in [-0.4, -0.2) is 46.6 Å². The van der Waals surface area contributed by atoms with Crippen LogP contribution in [-0.2, 0) is 0 Å². The second-order valence-corrected chi connectivity index (χ2v) is 8.01. The van der Waals surface area contributed by atoms with Crippen LogP contribution in [0.3, 0.4) is 0 Å². The van der Waals surface area contributed by atoms with Gasteiger partial charge in [0, 0.05) is 36.0 Å². The molecule has 0 aromatic carbocycles. The van der Waals surface area contributed by atoms with Gasteiger partial charge >= 0.3 is 0 Å². The highest BCUT2D eigenvalue weighted by atomic mass is 32.2. The third-order valence-corrected chi connectivity index (χ3v) is 6.64. The summed E-state index contributed by atoms with van der Waals surface area (Å²) in [5, 5.41) is 4.75. The normalized spacial score (nSPS) is 35.7. The van der Waals surface area contributed by atoms with Gasteiger partial charge < -0.3 is 5.32 Å². The minimum Gasteiger partial charge on any atom is -0.308 e. The fraction of sp³-hybridized carbons (Fsp3) is 1.00. The number of hydrogen-bond acceptors (Lipinski definition) is 3. The average molecular weight is 285 g/mol. The van der Waals surface area contributed by atoms with Crippen molar-refractivity contribution in [3.63, 3.8) is 0 Å². The maximum Gasteiger partial charge on any atom is 0.0304 e. The molecule has 1 aliphatic carbocycles. The van der Waals surface area contributed by atoms with Gasteiger partial charge in [0.05, 0.1) is 0 Å². The summed E-state index contributed by atoms with van der Waals surface area (Å²) in [6, 6.07) is 1.56. The first kappa shape index (κ1) is 15.7. The first-order valence-corrected chi connectivity index (χ1v) is 9.31. The summed E-state index contributed by atoms with van der Waals surface area (Å²) < 4.78 is 0. The van der Waals surface area contributed by atoms with E-state index < -0.39 is 0 Å². The summed E-state index contributed by atoms with van der Waals surface area (Å²) in [6.07, 6.45) is 6.79. The first-order valence-electron chi connectivity index (χ1n) is 8.26. The van der Waals surface area contributed by atoms with Crippen molar-refractivity contribution < 1.29 is 0 Å². The molecule has 1 saturated carbocycles. The van der Waals surface area contributed by atoms with E-state index in [4.69, 9.17) is 0 Å². The van der Waals surface area contributed by atoms with Crippen LogP contribution in [0.2, 0.25) is 0 Å². The van der Waals surface area contributed by atoms with Crippen LogP contribution in [0.5, 0.6) is 0 Å². The molecule has 2 fully saturated rings. The summed E-state index contributed by atoms with van der Waals surface area (Å²) in [5.41, 5.74) is 0.377. The lowest BCUT2D eigenvalue weighted by Crippen LogP contribution is -2.64. The fourth-order valence-electron chi connectivity index (χ4n) is 3.86. The van der Waals surface area contributed by atoms with Crippen molar-refractivity contribution in [3.8, 4) is 0 Å². The van der Waals surface area contributed by atoms with E-state index in [1.54, 1.807) is 0 Å². The van der Waals surface area contributed by atoms with Crippen LogP contribution in [0.15, 0.2) is 0 Å². The van der Waals surface area contributed by atoms with Crippen molar-refractivity contribution in [2.24, 2.45) is 0 Å². The molecule has 1 aliphatic heterocycles. The monoisotopic (exact) mass is 284 g/mol. The Balaban J connectivity index is 1.98. The molecule has 1 heterocycles. The molecule has 0 aromatic rings. The molecule has 0 aromatic heterocycles. The SMILES string of the molecule is CCSC1CCC(N2CC(CC)(CC)NCC2C)C1. The topological polar surface area (TPSA) is 15.3 Å². The van der Waals surface area contributed by atoms with Gasteiger partial charge in [-0.05, 0) is 44.8 Å². The Morgan fingerprint density at radius 2 is 1.95 bits per heavy atom. The lowest BCUT2D eigenvalue weighted by atomic mass is 9.88. The number of nitrogens with one attached hydrogen (secondary N) is 1. The van der Waals surface area contributed by atoms with Gasteiger partial charge in [0.15, 0.2) is 0 Å². The second-order valence-electron chi connectivity index (χ2n) is 6.43. The smallest absolute Gasteiger partial charge is 0.0304 e. The van der Waals surface area contributed by atoms with Crippen molar-refractivity contribution in [1.82, 2.24) is 10.2 Å². The van der Waals surface area contributed by atoms with Crippen LogP contribution in [0.25, 0.3) is 0 Å². The van der Waals surface area contributed by atoms with Gasteiger partial charge in [0.2, 0.25) is 0 Å². The van der Waals surface area contributed by atoms with E-state index in [9.17, 15) is 0 Å². The number of hydrogen-bond donors (Lipinski definition) is 1. The molecule has 0 amide bonds. The van der Waals surface area contributed by atoms with E-state index in [1.165, 1.54) is 50.9 Å². The van der Waals surface area contributed by atoms with Crippen LogP contribution in [0, 0.1) is 0 Å². The van der Waals surface area contributed by atoms with Crippen molar-refractivity contribution in [1.29, 1.82) is 0 Å². The molecule has 0 bridgehead atoms. The second kappa shape index (κ2) is 6.82. The van der Waals surface area contributed by atoms with Gasteiger partial charge in [0.1, 0.15) is 0 Å². The van der Waals surface area contributed by atoms with Crippen molar-refractivity contribution >= 4 is 11.8 Å². The molecule has 3 heteroatoms. The summed E-state index contributed by atoms with van der Waals surface area (Å²) in [7, 11) is 0. The first-order chi connectivity index (χ1) is 9.14. The Bertz CT molecular complexity index is 278. The molecule has 3 unspecified atom stereocenters. The van der Waals surface area contributed by atoms with E-state index in [1.807, 2.05) is 0 Å². The lowest BCUT2D eigenvalue weighted by Gasteiger charge is -2.49. The molecular formula is C16H32N2S. The average Bonchev–Trinajstić information content (AvgIpc) is 2.89. The highest BCUT2D eigenvalue weighted by molar-refractivity contribution is 7.99. The molecule has 2 aliphatic rings. The fourth-order valence-corrected chi connectivity index (χ4v) is 4.99. The Hall–Kier alpha value is 0.270. The molecule has 2 nitrogen and oxygen atoms in total. The largest absolute Gasteiger partial charge is 0.308 e. The molecule has 19 heavy (non-hydrogen) atoms. The summed E-state index contributed by atoms with van der Waals surface area (Å²) in [4.78, 5) is 2.83. The number of piperazine rings is 1. The number of nitrogens with zero attached hydrogens (tertiary/aromatic N) is 1. The Morgan fingerprint density at radius 3 is 2.58 bits per heavy atom. The van der Waals surface area contributed by atoms with Crippen LogP contribution in [0.1, 0.15) is 59.8 Å². The molecule has 0 radical (unpaired) electrons. The van der Waals surface area contributed by atoms with Gasteiger partial charge in [-0.1, -0.05) is 20.8 Å². The van der Waals surface area contributed by atoms with Gasteiger partial charge in [-0.2, -0.15) is 11.8 Å². The quantitative estimate of drug-likeness (QED) is 0.831. The Labute approximate surface area is 124 Å². The predicted molar refractivity (Wildman–Crippen MR) is 87.0 cm³/mol. The highest BCUT2D eigenvalue weighted by Gasteiger charge is 2.40. The zero-order valence-corrected chi connectivity index (χ0v) is 14.1. The van der Waals surface area contributed by atoms with Crippen LogP contribution in [0.4, 0.5) is 0 Å². The maximum atomic E-state index is 3.82. The summed E-state index contributed by atoms with van der Waals surface area (Å²) in [6.45, 7) is 11.8. The number of thioether (sulfide) groups is 1. The Morgan fingerprint density at radius 1 is 1.21 bits per heavy atom. The van der Waals surface area contributed by atoms with Crippen LogP contribution >= 0.6 is 11.8 Å². The standard InChI is InChI=1S/C16H32N2S/c1-5-16(6-2)12-18(13(4)11-17-16)14-8-9-15(10-14)19-7-3/h13-15,17H,5-12H2,1-4H3. The maximum absolute atomic E-state index is 3.82. The third-order valence-electron chi connectivity index (χ3n) is 5.41. The van der Waals surface area contributed by atoms with E-state index in [2.05, 4.69) is 49.7 Å². The van der Waals surface area contributed by atoms with E-state index in [0.29, 0.717) is 11.6 Å². The Kier molecular flexibility index (Phi) is 5.62. The molecule has 3 atom stereocenters. The highest BCUT2D eigenvalue weighted by Crippen LogP contribution is 2.35. The van der Waals surface area contributed by atoms with Gasteiger partial charge in [-0.25, -0.2) is 0 Å². The van der Waals surface area contributed by atoms with E-state index in [0.717, 1.165) is 11.3 Å². The zero-order chi connectivity index (χ0) is 13.9. The van der Waals surface area contributed by atoms with Gasteiger partial charge in [-0.3, -0.25) is 4.90 Å². The molecule has 1 saturated heterocycles. The minimum atomic E-state index is 0.377. The molecular weight excluding hydrogens is 252 g/mol. The molecule has 2 rings (SSSR count). The van der Waals surface area contributed by atoms with Crippen molar-refractivity contribution in [2.45, 2.75) is 82.7 Å². The zero-order valence-electron chi connectivity index (χ0n) is 13.2. The molecule has 112 valence electrons. The number of rotatable bonds is 5. The lowest BCUT2D eigenvalue weighted by molar-refractivity contribution is 0.0463. The third kappa shape index (κ3) is 3.48. The van der Waals surface area contributed by atoms with Crippen LogP contribution < -0.4 is 5.32 Å². The molecule has 0 spiro atoms. The summed E-state index contributed by atoms with van der Waals surface area (Å²) >= 11 is 2.18. The summed E-state index contributed by atoms with van der Waals surface area (Å²) in [5.74, 6) is 1.28. The van der Waals surface area contributed by atoms with Gasteiger partial charge in [0.25, 0.3) is 0 Å². The predicted octanol–water partition coefficient (Wildman–Crippen LogP) is 3.51. The van der Waals surface area contributed by atoms with E-state index >= 15 is 0 Å².